The minimum atomic E-state index is -3.99. The monoisotopic (exact) mass is 622 g/mol. The van der Waals surface area contributed by atoms with E-state index < -0.39 is 40.7 Å². The fourth-order valence-electron chi connectivity index (χ4n) is 5.20. The Kier molecular flexibility index (Phi) is 11.6. The Labute approximate surface area is 252 Å². The van der Waals surface area contributed by atoms with Crippen LogP contribution in [0.1, 0.15) is 25.8 Å². The van der Waals surface area contributed by atoms with E-state index in [2.05, 4.69) is 5.32 Å². The molecule has 2 heterocycles. The van der Waals surface area contributed by atoms with Crippen LogP contribution in [0.5, 0.6) is 11.5 Å². The molecule has 2 aliphatic heterocycles. The Morgan fingerprint density at radius 1 is 1.07 bits per heavy atom. The first-order valence-corrected chi connectivity index (χ1v) is 15.9. The predicted octanol–water partition coefficient (Wildman–Crippen LogP) is 2.17. The molecular formula is C30H42N2O10S. The van der Waals surface area contributed by atoms with Crippen LogP contribution in [0.2, 0.25) is 0 Å². The summed E-state index contributed by atoms with van der Waals surface area (Å²) in [6.07, 6.45) is -1.99. The van der Waals surface area contributed by atoms with Crippen LogP contribution >= 0.6 is 0 Å². The lowest BCUT2D eigenvalue weighted by molar-refractivity contribution is -0.0907. The number of aliphatic hydroxyl groups excluding tert-OH is 2. The summed E-state index contributed by atoms with van der Waals surface area (Å²) in [6, 6.07) is 12.2. The molecule has 2 saturated heterocycles. The quantitative estimate of drug-likeness (QED) is 0.269. The summed E-state index contributed by atoms with van der Waals surface area (Å²) in [5.74, 6) is 0.988. The number of alkyl carbamates (subject to hydrolysis) is 1. The van der Waals surface area contributed by atoms with Crippen LogP contribution in [0.25, 0.3) is 0 Å². The SMILES string of the molecule is COc1ccc(S(=O)(=O)N(CC(C)C)C[C@@H](O)[C@H](Cc2ccc(OCCO)cc2)NC(=O)O[C@H]2CO[C@H]3OCC[C@H]32)cc1. The van der Waals surface area contributed by atoms with Crippen molar-refractivity contribution < 1.29 is 47.1 Å². The van der Waals surface area contributed by atoms with Gasteiger partial charge in [0.1, 0.15) is 24.2 Å². The maximum atomic E-state index is 13.7. The van der Waals surface area contributed by atoms with Crippen LogP contribution in [0.3, 0.4) is 0 Å². The number of aliphatic hydroxyl groups is 2. The van der Waals surface area contributed by atoms with Crippen molar-refractivity contribution in [3.8, 4) is 11.5 Å². The fraction of sp³-hybridized carbons (Fsp3) is 0.567. The number of rotatable bonds is 15. The highest BCUT2D eigenvalue weighted by molar-refractivity contribution is 7.89. The van der Waals surface area contributed by atoms with Crippen molar-refractivity contribution in [2.45, 2.75) is 56.1 Å². The third kappa shape index (κ3) is 8.80. The molecule has 2 aliphatic rings. The molecule has 0 bridgehead atoms. The Bertz CT molecular complexity index is 1270. The Balaban J connectivity index is 1.52. The van der Waals surface area contributed by atoms with Crippen molar-refractivity contribution >= 4 is 16.1 Å². The van der Waals surface area contributed by atoms with E-state index in [9.17, 15) is 18.3 Å². The molecule has 3 N–H and O–H groups in total. The van der Waals surface area contributed by atoms with Gasteiger partial charge in [0.15, 0.2) is 6.29 Å². The highest BCUT2D eigenvalue weighted by Gasteiger charge is 2.44. The van der Waals surface area contributed by atoms with Crippen LogP contribution in [0.4, 0.5) is 4.79 Å². The maximum absolute atomic E-state index is 13.7. The predicted molar refractivity (Wildman–Crippen MR) is 156 cm³/mol. The first-order chi connectivity index (χ1) is 20.6. The van der Waals surface area contributed by atoms with Crippen LogP contribution in [0.15, 0.2) is 53.4 Å². The van der Waals surface area contributed by atoms with Crippen molar-refractivity contribution in [2.75, 3.05) is 46.6 Å². The Morgan fingerprint density at radius 3 is 2.42 bits per heavy atom. The maximum Gasteiger partial charge on any atom is 0.407 e. The van der Waals surface area contributed by atoms with E-state index in [1.165, 1.54) is 23.5 Å². The average molecular weight is 623 g/mol. The summed E-state index contributed by atoms with van der Waals surface area (Å²) >= 11 is 0. The number of carbonyl (C=O) groups excluding carboxylic acids is 1. The topological polar surface area (TPSA) is 153 Å². The number of ether oxygens (including phenoxy) is 5. The summed E-state index contributed by atoms with van der Waals surface area (Å²) in [5.41, 5.74) is 0.766. The molecule has 43 heavy (non-hydrogen) atoms. The highest BCUT2D eigenvalue weighted by Crippen LogP contribution is 2.33. The molecule has 0 aliphatic carbocycles. The molecule has 12 nitrogen and oxygen atoms in total. The van der Waals surface area contributed by atoms with Gasteiger partial charge < -0.3 is 39.2 Å². The second kappa shape index (κ2) is 15.2. The van der Waals surface area contributed by atoms with Gasteiger partial charge in [-0.1, -0.05) is 26.0 Å². The van der Waals surface area contributed by atoms with Gasteiger partial charge in [-0.3, -0.25) is 0 Å². The number of hydrogen-bond donors (Lipinski definition) is 3. The summed E-state index contributed by atoms with van der Waals surface area (Å²) in [5, 5.41) is 23.3. The van der Waals surface area contributed by atoms with Gasteiger partial charge in [0.2, 0.25) is 10.0 Å². The normalized spacial score (nSPS) is 21.4. The van der Waals surface area contributed by atoms with E-state index in [1.54, 1.807) is 36.4 Å². The molecule has 5 atom stereocenters. The molecule has 0 aromatic heterocycles. The van der Waals surface area contributed by atoms with E-state index >= 15 is 0 Å². The van der Waals surface area contributed by atoms with Gasteiger partial charge in [-0.05, 0) is 60.7 Å². The van der Waals surface area contributed by atoms with Gasteiger partial charge in [-0.25, -0.2) is 13.2 Å². The highest BCUT2D eigenvalue weighted by atomic mass is 32.2. The molecule has 0 unspecified atom stereocenters. The third-order valence-electron chi connectivity index (χ3n) is 7.41. The number of benzene rings is 2. The van der Waals surface area contributed by atoms with Crippen molar-refractivity contribution in [2.24, 2.45) is 11.8 Å². The molecule has 2 aromatic rings. The number of methoxy groups -OCH3 is 1. The zero-order valence-corrected chi connectivity index (χ0v) is 25.6. The van der Waals surface area contributed by atoms with Crippen LogP contribution in [-0.2, 0) is 30.7 Å². The van der Waals surface area contributed by atoms with Crippen molar-refractivity contribution in [3.05, 3.63) is 54.1 Å². The number of hydrogen-bond acceptors (Lipinski definition) is 10. The number of fused-ring (bicyclic) bond motifs is 1. The standard InChI is InChI=1S/C30H42N2O10S/c1-20(2)17-32(43(36,37)24-10-8-22(38-3)9-11-24)18-27(34)26(16-21-4-6-23(7-5-21)39-15-13-33)31-30(35)42-28-19-41-29-25(28)12-14-40-29/h4-11,20,25-29,33-34H,12-19H2,1-3H3,(H,31,35)/t25-,26-,27+,28-,29+/m0/s1. The van der Waals surface area contributed by atoms with Gasteiger partial charge in [0.25, 0.3) is 0 Å². The van der Waals surface area contributed by atoms with E-state index in [0.29, 0.717) is 24.5 Å². The van der Waals surface area contributed by atoms with Gasteiger partial charge in [0.05, 0.1) is 49.9 Å². The Morgan fingerprint density at radius 2 is 1.77 bits per heavy atom. The summed E-state index contributed by atoms with van der Waals surface area (Å²) < 4.78 is 55.9. The number of sulfonamides is 1. The van der Waals surface area contributed by atoms with Crippen LogP contribution in [-0.4, -0.2) is 100 Å². The lowest BCUT2D eigenvalue weighted by atomic mass is 10.0. The fourth-order valence-corrected chi connectivity index (χ4v) is 6.83. The number of amides is 1. The first-order valence-electron chi connectivity index (χ1n) is 14.5. The van der Waals surface area contributed by atoms with Crippen molar-refractivity contribution in [1.29, 1.82) is 0 Å². The minimum Gasteiger partial charge on any atom is -0.497 e. The van der Waals surface area contributed by atoms with Crippen LogP contribution < -0.4 is 14.8 Å². The molecule has 0 radical (unpaired) electrons. The van der Waals surface area contributed by atoms with Crippen molar-refractivity contribution in [3.63, 3.8) is 0 Å². The number of carbonyl (C=O) groups is 1. The number of nitrogens with one attached hydrogen (secondary N) is 1. The number of nitrogens with zero attached hydrogens (tertiary/aromatic N) is 1. The molecule has 13 heteroatoms. The molecule has 4 rings (SSSR count). The lowest BCUT2D eigenvalue weighted by Gasteiger charge is -2.31. The average Bonchev–Trinajstić information content (AvgIpc) is 3.61. The van der Waals surface area contributed by atoms with Gasteiger partial charge >= 0.3 is 6.09 Å². The Hall–Kier alpha value is -2.94. The molecule has 2 aromatic carbocycles. The summed E-state index contributed by atoms with van der Waals surface area (Å²) in [4.78, 5) is 13.1. The van der Waals surface area contributed by atoms with E-state index in [4.69, 9.17) is 28.8 Å². The minimum absolute atomic E-state index is 0.0352. The summed E-state index contributed by atoms with van der Waals surface area (Å²) in [6.45, 7) is 4.45. The molecule has 0 spiro atoms. The molecule has 0 saturated carbocycles. The van der Waals surface area contributed by atoms with E-state index in [1.807, 2.05) is 13.8 Å². The first kappa shape index (κ1) is 33.0. The zero-order chi connectivity index (χ0) is 31.0. The van der Waals surface area contributed by atoms with Gasteiger partial charge in [-0.2, -0.15) is 4.31 Å². The van der Waals surface area contributed by atoms with Gasteiger partial charge in [-0.15, -0.1) is 0 Å². The largest absolute Gasteiger partial charge is 0.497 e. The molecule has 238 valence electrons. The second-order valence-corrected chi connectivity index (χ2v) is 13.0. The zero-order valence-electron chi connectivity index (χ0n) is 24.8. The van der Waals surface area contributed by atoms with Crippen molar-refractivity contribution in [1.82, 2.24) is 9.62 Å². The summed E-state index contributed by atoms with van der Waals surface area (Å²) in [7, 11) is -2.49. The van der Waals surface area contributed by atoms with E-state index in [-0.39, 0.29) is 56.1 Å². The molecule has 1 amide bonds. The van der Waals surface area contributed by atoms with Gasteiger partial charge in [0, 0.05) is 13.1 Å². The molecule has 2 fully saturated rings. The van der Waals surface area contributed by atoms with E-state index in [0.717, 1.165) is 5.56 Å². The molecular weight excluding hydrogens is 580 g/mol. The third-order valence-corrected chi connectivity index (χ3v) is 9.25. The second-order valence-electron chi connectivity index (χ2n) is 11.1. The lowest BCUT2D eigenvalue weighted by Crippen LogP contribution is -2.51. The van der Waals surface area contributed by atoms with Crippen LogP contribution in [0, 0.1) is 11.8 Å². The smallest absolute Gasteiger partial charge is 0.407 e.